The lowest BCUT2D eigenvalue weighted by Gasteiger charge is -2.09. The first-order chi connectivity index (χ1) is 7.41. The Morgan fingerprint density at radius 2 is 1.69 bits per heavy atom. The molecule has 0 unspecified atom stereocenters. The van der Waals surface area contributed by atoms with Gasteiger partial charge in [0.2, 0.25) is 0 Å². The van der Waals surface area contributed by atoms with E-state index in [4.69, 9.17) is 0 Å². The van der Waals surface area contributed by atoms with Gasteiger partial charge in [0.1, 0.15) is 0 Å². The fraction of sp³-hybridized carbons (Fsp3) is 0.500. The number of carbonyl (C=O) groups excluding carboxylic acids is 1. The van der Waals surface area contributed by atoms with E-state index in [0.29, 0.717) is 11.0 Å². The zero-order chi connectivity index (χ0) is 12.3. The van der Waals surface area contributed by atoms with Crippen LogP contribution in [0.5, 0.6) is 0 Å². The predicted molar refractivity (Wildman–Crippen MR) is 72.6 cm³/mol. The van der Waals surface area contributed by atoms with Crippen molar-refractivity contribution in [2.45, 2.75) is 39.9 Å². The van der Waals surface area contributed by atoms with E-state index in [1.54, 1.807) is 11.8 Å². The van der Waals surface area contributed by atoms with Crippen LogP contribution in [0.2, 0.25) is 0 Å². The molecule has 0 aromatic heterocycles. The van der Waals surface area contributed by atoms with Gasteiger partial charge in [0.05, 0.1) is 5.75 Å². The lowest BCUT2D eigenvalue weighted by molar-refractivity contribution is 0.102. The first-order valence-electron chi connectivity index (χ1n) is 5.64. The lowest BCUT2D eigenvalue weighted by atomic mass is 9.99. The molecule has 0 bridgehead atoms. The summed E-state index contributed by atoms with van der Waals surface area (Å²) in [6, 6.07) is 4.12. The molecule has 1 nitrogen and oxygen atoms in total. The van der Waals surface area contributed by atoms with Crippen LogP contribution in [0.3, 0.4) is 0 Å². The standard InChI is InChI=1S/C14H20OS/c1-9(2)16-8-14(15)13-7-11(4)10(3)6-12(13)5/h6-7,9H,8H2,1-5H3. The van der Waals surface area contributed by atoms with Crippen LogP contribution in [-0.2, 0) is 0 Å². The Bertz CT molecular complexity index is 394. The van der Waals surface area contributed by atoms with Crippen LogP contribution in [0.4, 0.5) is 0 Å². The van der Waals surface area contributed by atoms with Gasteiger partial charge in [-0.1, -0.05) is 19.9 Å². The molecule has 0 fully saturated rings. The highest BCUT2D eigenvalue weighted by molar-refractivity contribution is 8.00. The Morgan fingerprint density at radius 3 is 2.25 bits per heavy atom. The van der Waals surface area contributed by atoms with Gasteiger partial charge in [-0.05, 0) is 48.8 Å². The second kappa shape index (κ2) is 5.53. The molecule has 0 amide bonds. The van der Waals surface area contributed by atoms with Crippen molar-refractivity contribution in [1.29, 1.82) is 0 Å². The van der Waals surface area contributed by atoms with E-state index in [1.807, 2.05) is 13.0 Å². The molecule has 16 heavy (non-hydrogen) atoms. The van der Waals surface area contributed by atoms with E-state index in [-0.39, 0.29) is 5.78 Å². The number of hydrogen-bond donors (Lipinski definition) is 0. The molecule has 0 atom stereocenters. The van der Waals surface area contributed by atoms with Crippen LogP contribution < -0.4 is 0 Å². The van der Waals surface area contributed by atoms with E-state index in [0.717, 1.165) is 11.1 Å². The van der Waals surface area contributed by atoms with E-state index in [1.165, 1.54) is 11.1 Å². The van der Waals surface area contributed by atoms with Gasteiger partial charge in [0.15, 0.2) is 5.78 Å². The lowest BCUT2D eigenvalue weighted by Crippen LogP contribution is -2.07. The number of Topliss-reactive ketones (excluding diaryl/α,β-unsaturated/α-hetero) is 1. The Morgan fingerprint density at radius 1 is 1.12 bits per heavy atom. The molecule has 0 radical (unpaired) electrons. The molecule has 1 rings (SSSR count). The summed E-state index contributed by atoms with van der Waals surface area (Å²) in [5, 5.41) is 0.510. The Balaban J connectivity index is 2.87. The second-order valence-electron chi connectivity index (χ2n) is 4.53. The number of thioether (sulfide) groups is 1. The van der Waals surface area contributed by atoms with Gasteiger partial charge in [0, 0.05) is 5.56 Å². The zero-order valence-electron chi connectivity index (χ0n) is 10.8. The maximum absolute atomic E-state index is 12.0. The SMILES string of the molecule is Cc1cc(C)c(C(=O)CSC(C)C)cc1C. The minimum Gasteiger partial charge on any atom is -0.293 e. The fourth-order valence-electron chi connectivity index (χ4n) is 1.58. The van der Waals surface area contributed by atoms with Crippen molar-refractivity contribution < 1.29 is 4.79 Å². The van der Waals surface area contributed by atoms with Crippen LogP contribution in [-0.4, -0.2) is 16.8 Å². The van der Waals surface area contributed by atoms with Gasteiger partial charge in [0.25, 0.3) is 0 Å². The highest BCUT2D eigenvalue weighted by atomic mass is 32.2. The monoisotopic (exact) mass is 236 g/mol. The summed E-state index contributed by atoms with van der Waals surface area (Å²) in [4.78, 5) is 12.0. The minimum absolute atomic E-state index is 0.249. The summed E-state index contributed by atoms with van der Waals surface area (Å²) in [6.07, 6.45) is 0. The van der Waals surface area contributed by atoms with Crippen LogP contribution in [0.25, 0.3) is 0 Å². The topological polar surface area (TPSA) is 17.1 Å². The Kier molecular flexibility index (Phi) is 4.60. The number of hydrogen-bond acceptors (Lipinski definition) is 2. The summed E-state index contributed by atoms with van der Waals surface area (Å²) in [5.74, 6) is 0.834. The molecule has 1 aromatic carbocycles. The van der Waals surface area contributed by atoms with Crippen LogP contribution in [0.1, 0.15) is 40.9 Å². The summed E-state index contributed by atoms with van der Waals surface area (Å²) in [7, 11) is 0. The van der Waals surface area contributed by atoms with E-state index >= 15 is 0 Å². The smallest absolute Gasteiger partial charge is 0.173 e. The third kappa shape index (κ3) is 3.38. The van der Waals surface area contributed by atoms with Crippen molar-refractivity contribution in [3.05, 3.63) is 34.4 Å². The van der Waals surface area contributed by atoms with Crippen molar-refractivity contribution in [3.8, 4) is 0 Å². The molecule has 0 heterocycles. The average molecular weight is 236 g/mol. The highest BCUT2D eigenvalue weighted by Gasteiger charge is 2.11. The molecule has 2 heteroatoms. The molecule has 0 aliphatic carbocycles. The maximum Gasteiger partial charge on any atom is 0.173 e. The Labute approximate surface area is 103 Å². The molecule has 88 valence electrons. The molecular formula is C14H20OS. The van der Waals surface area contributed by atoms with Crippen molar-refractivity contribution in [2.24, 2.45) is 0 Å². The van der Waals surface area contributed by atoms with Crippen LogP contribution in [0.15, 0.2) is 12.1 Å². The first-order valence-corrected chi connectivity index (χ1v) is 6.69. The average Bonchev–Trinajstić information content (AvgIpc) is 2.20. The summed E-state index contributed by atoms with van der Waals surface area (Å²) < 4.78 is 0. The number of benzene rings is 1. The van der Waals surface area contributed by atoms with E-state index in [9.17, 15) is 4.79 Å². The summed E-state index contributed by atoms with van der Waals surface area (Å²) in [6.45, 7) is 10.4. The van der Waals surface area contributed by atoms with Crippen LogP contribution >= 0.6 is 11.8 Å². The third-order valence-electron chi connectivity index (χ3n) is 2.69. The highest BCUT2D eigenvalue weighted by Crippen LogP contribution is 2.18. The maximum atomic E-state index is 12.0. The largest absolute Gasteiger partial charge is 0.293 e. The molecule has 0 spiro atoms. The number of rotatable bonds is 4. The van der Waals surface area contributed by atoms with E-state index in [2.05, 4.69) is 33.8 Å². The Hall–Kier alpha value is -0.760. The van der Waals surface area contributed by atoms with Crippen molar-refractivity contribution >= 4 is 17.5 Å². The fourth-order valence-corrected chi connectivity index (χ4v) is 2.22. The normalized spacial score (nSPS) is 10.9. The molecule has 1 aromatic rings. The van der Waals surface area contributed by atoms with Crippen LogP contribution in [0, 0.1) is 20.8 Å². The molecular weight excluding hydrogens is 216 g/mol. The van der Waals surface area contributed by atoms with Gasteiger partial charge >= 0.3 is 0 Å². The van der Waals surface area contributed by atoms with Crippen molar-refractivity contribution in [1.82, 2.24) is 0 Å². The zero-order valence-corrected chi connectivity index (χ0v) is 11.6. The van der Waals surface area contributed by atoms with Crippen molar-refractivity contribution in [2.75, 3.05) is 5.75 Å². The van der Waals surface area contributed by atoms with Crippen molar-refractivity contribution in [3.63, 3.8) is 0 Å². The second-order valence-corrected chi connectivity index (χ2v) is 6.10. The third-order valence-corrected chi connectivity index (χ3v) is 3.78. The molecule has 0 saturated carbocycles. The number of carbonyl (C=O) groups is 1. The van der Waals surface area contributed by atoms with Gasteiger partial charge < -0.3 is 0 Å². The summed E-state index contributed by atoms with van der Waals surface area (Å²) >= 11 is 1.70. The quantitative estimate of drug-likeness (QED) is 0.737. The molecule has 0 saturated heterocycles. The predicted octanol–water partition coefficient (Wildman–Crippen LogP) is 3.94. The van der Waals surface area contributed by atoms with E-state index < -0.39 is 0 Å². The van der Waals surface area contributed by atoms with Gasteiger partial charge in [-0.3, -0.25) is 4.79 Å². The molecule has 0 aliphatic rings. The molecule has 0 aliphatic heterocycles. The van der Waals surface area contributed by atoms with Gasteiger partial charge in [-0.25, -0.2) is 0 Å². The minimum atomic E-state index is 0.249. The first kappa shape index (κ1) is 13.3. The summed E-state index contributed by atoms with van der Waals surface area (Å²) in [5.41, 5.74) is 4.43. The number of ketones is 1. The van der Waals surface area contributed by atoms with Gasteiger partial charge in [-0.15, -0.1) is 0 Å². The molecule has 0 N–H and O–H groups in total. The van der Waals surface area contributed by atoms with Gasteiger partial charge in [-0.2, -0.15) is 11.8 Å². The number of aryl methyl sites for hydroxylation is 3.